The lowest BCUT2D eigenvalue weighted by molar-refractivity contribution is 0.0951. The summed E-state index contributed by atoms with van der Waals surface area (Å²) in [4.78, 5) is 14.8. The Kier molecular flexibility index (Phi) is 9.97. The Hall–Kier alpha value is -1.59. The van der Waals surface area contributed by atoms with Crippen LogP contribution in [0.2, 0.25) is 0 Å². The molecule has 28 heavy (non-hydrogen) atoms. The van der Waals surface area contributed by atoms with E-state index in [9.17, 15) is 4.79 Å². The lowest BCUT2D eigenvalue weighted by atomic mass is 10.1. The van der Waals surface area contributed by atoms with Gasteiger partial charge in [-0.15, -0.1) is 24.8 Å². The van der Waals surface area contributed by atoms with Gasteiger partial charge in [-0.3, -0.25) is 9.69 Å². The smallest absolute Gasteiger partial charge is 0.251 e. The summed E-state index contributed by atoms with van der Waals surface area (Å²) < 4.78 is 0. The average molecular weight is 424 g/mol. The first kappa shape index (κ1) is 24.4. The third-order valence-electron chi connectivity index (χ3n) is 5.09. The van der Waals surface area contributed by atoms with Crippen LogP contribution >= 0.6 is 24.8 Å². The minimum absolute atomic E-state index is 0. The first-order valence-corrected chi connectivity index (χ1v) is 9.49. The molecule has 1 amide bonds. The zero-order valence-electron chi connectivity index (χ0n) is 16.8. The first-order valence-electron chi connectivity index (χ1n) is 9.49. The van der Waals surface area contributed by atoms with Crippen molar-refractivity contribution in [1.82, 2.24) is 15.5 Å². The molecule has 2 aromatic carbocycles. The van der Waals surface area contributed by atoms with Crippen LogP contribution < -0.4 is 10.6 Å². The van der Waals surface area contributed by atoms with Crippen LogP contribution in [0.5, 0.6) is 0 Å². The van der Waals surface area contributed by atoms with Gasteiger partial charge in [0.1, 0.15) is 0 Å². The maximum Gasteiger partial charge on any atom is 0.251 e. The summed E-state index contributed by atoms with van der Waals surface area (Å²) in [5, 5.41) is 6.37. The SMILES string of the molecule is CCN(Cc1ccc(C(=O)NCc2ccc3c(c2)CNC3)cc1)C(C)C.Cl.Cl. The van der Waals surface area contributed by atoms with E-state index in [1.165, 1.54) is 16.7 Å². The van der Waals surface area contributed by atoms with Gasteiger partial charge in [0.15, 0.2) is 0 Å². The van der Waals surface area contributed by atoms with E-state index in [0.717, 1.165) is 31.7 Å². The van der Waals surface area contributed by atoms with Crippen molar-refractivity contribution in [1.29, 1.82) is 0 Å². The molecule has 0 atom stereocenters. The second-order valence-corrected chi connectivity index (χ2v) is 7.24. The van der Waals surface area contributed by atoms with Crippen molar-refractivity contribution in [3.05, 3.63) is 70.3 Å². The highest BCUT2D eigenvalue weighted by molar-refractivity contribution is 5.94. The van der Waals surface area contributed by atoms with Crippen molar-refractivity contribution in [3.63, 3.8) is 0 Å². The predicted molar refractivity (Wildman–Crippen MR) is 120 cm³/mol. The number of nitrogens with zero attached hydrogens (tertiary/aromatic N) is 1. The fourth-order valence-corrected chi connectivity index (χ4v) is 3.40. The number of halogens is 2. The summed E-state index contributed by atoms with van der Waals surface area (Å²) in [5.74, 6) is -0.0219. The van der Waals surface area contributed by atoms with Crippen LogP contribution in [-0.4, -0.2) is 23.4 Å². The molecule has 3 rings (SSSR count). The van der Waals surface area contributed by atoms with E-state index in [2.05, 4.69) is 66.6 Å². The zero-order chi connectivity index (χ0) is 18.5. The molecule has 154 valence electrons. The summed E-state index contributed by atoms with van der Waals surface area (Å²) >= 11 is 0. The standard InChI is InChI=1S/C22H29N3O.2ClH/c1-4-25(16(2)3)15-17-5-8-19(9-6-17)22(26)24-12-18-7-10-20-13-23-14-21(20)11-18;;/h5-11,16,23H,4,12-15H2,1-3H3,(H,24,26);2*1H. The van der Waals surface area contributed by atoms with Crippen LogP contribution in [0.25, 0.3) is 0 Å². The highest BCUT2D eigenvalue weighted by Gasteiger charge is 2.12. The minimum Gasteiger partial charge on any atom is -0.348 e. The van der Waals surface area contributed by atoms with Crippen molar-refractivity contribution in [2.24, 2.45) is 0 Å². The van der Waals surface area contributed by atoms with Crippen LogP contribution in [-0.2, 0) is 26.2 Å². The van der Waals surface area contributed by atoms with E-state index in [0.29, 0.717) is 18.2 Å². The van der Waals surface area contributed by atoms with E-state index >= 15 is 0 Å². The van der Waals surface area contributed by atoms with Crippen LogP contribution in [0.1, 0.15) is 53.4 Å². The normalized spacial score (nSPS) is 12.3. The molecule has 6 heteroatoms. The molecule has 0 aromatic heterocycles. The highest BCUT2D eigenvalue weighted by atomic mass is 35.5. The van der Waals surface area contributed by atoms with Gasteiger partial charge in [0, 0.05) is 37.8 Å². The molecule has 2 aromatic rings. The van der Waals surface area contributed by atoms with Crippen molar-refractivity contribution >= 4 is 30.7 Å². The molecule has 0 spiro atoms. The average Bonchev–Trinajstić information content (AvgIpc) is 3.12. The van der Waals surface area contributed by atoms with Gasteiger partial charge in [-0.2, -0.15) is 0 Å². The molecule has 4 nitrogen and oxygen atoms in total. The molecule has 0 saturated heterocycles. The van der Waals surface area contributed by atoms with Gasteiger partial charge in [-0.1, -0.05) is 37.3 Å². The van der Waals surface area contributed by atoms with Gasteiger partial charge in [0.2, 0.25) is 0 Å². The summed E-state index contributed by atoms with van der Waals surface area (Å²) in [6, 6.07) is 14.9. The Morgan fingerprint density at radius 3 is 2.32 bits per heavy atom. The first-order chi connectivity index (χ1) is 12.6. The van der Waals surface area contributed by atoms with E-state index in [1.54, 1.807) is 0 Å². The molecule has 0 saturated carbocycles. The summed E-state index contributed by atoms with van der Waals surface area (Å²) in [5.41, 5.74) is 5.80. The lowest BCUT2D eigenvalue weighted by Gasteiger charge is -2.24. The van der Waals surface area contributed by atoms with Crippen LogP contribution in [0.4, 0.5) is 0 Å². The van der Waals surface area contributed by atoms with Crippen molar-refractivity contribution < 1.29 is 4.79 Å². The van der Waals surface area contributed by atoms with E-state index < -0.39 is 0 Å². The number of carbonyl (C=O) groups is 1. The summed E-state index contributed by atoms with van der Waals surface area (Å²) in [6.45, 7) is 11.0. The second-order valence-electron chi connectivity index (χ2n) is 7.24. The van der Waals surface area contributed by atoms with Gasteiger partial charge >= 0.3 is 0 Å². The van der Waals surface area contributed by atoms with Crippen LogP contribution in [0.15, 0.2) is 42.5 Å². The molecule has 0 unspecified atom stereocenters. The summed E-state index contributed by atoms with van der Waals surface area (Å²) in [7, 11) is 0. The highest BCUT2D eigenvalue weighted by Crippen LogP contribution is 2.17. The Bertz CT molecular complexity index is 763. The molecule has 1 heterocycles. The number of hydrogen-bond acceptors (Lipinski definition) is 3. The number of nitrogens with one attached hydrogen (secondary N) is 2. The topological polar surface area (TPSA) is 44.4 Å². The zero-order valence-corrected chi connectivity index (χ0v) is 18.5. The second kappa shape index (κ2) is 11.4. The number of carbonyl (C=O) groups excluding carboxylic acids is 1. The molecule has 0 radical (unpaired) electrons. The third-order valence-corrected chi connectivity index (χ3v) is 5.09. The Morgan fingerprint density at radius 1 is 1.04 bits per heavy atom. The van der Waals surface area contributed by atoms with Crippen molar-refractivity contribution in [2.75, 3.05) is 6.54 Å². The van der Waals surface area contributed by atoms with Crippen molar-refractivity contribution in [2.45, 2.75) is 53.0 Å². The van der Waals surface area contributed by atoms with Gasteiger partial charge in [0.05, 0.1) is 0 Å². The number of hydrogen-bond donors (Lipinski definition) is 2. The van der Waals surface area contributed by atoms with Gasteiger partial charge in [-0.05, 0) is 54.8 Å². The molecule has 1 aliphatic rings. The lowest BCUT2D eigenvalue weighted by Crippen LogP contribution is -2.30. The summed E-state index contributed by atoms with van der Waals surface area (Å²) in [6.07, 6.45) is 0. The molecular weight excluding hydrogens is 393 g/mol. The van der Waals surface area contributed by atoms with Gasteiger partial charge in [0.25, 0.3) is 5.91 Å². The molecule has 1 aliphatic heterocycles. The third kappa shape index (κ3) is 6.21. The Balaban J connectivity index is 0.00000196. The maximum absolute atomic E-state index is 12.4. The number of rotatable bonds is 7. The number of benzene rings is 2. The number of amides is 1. The van der Waals surface area contributed by atoms with E-state index in [4.69, 9.17) is 0 Å². The van der Waals surface area contributed by atoms with E-state index in [1.807, 2.05) is 12.1 Å². The Labute approximate surface area is 180 Å². The maximum atomic E-state index is 12.4. The van der Waals surface area contributed by atoms with Gasteiger partial charge < -0.3 is 10.6 Å². The van der Waals surface area contributed by atoms with Gasteiger partial charge in [-0.25, -0.2) is 0 Å². The fourth-order valence-electron chi connectivity index (χ4n) is 3.40. The molecule has 0 bridgehead atoms. The molecular formula is C22H31Cl2N3O. The molecule has 0 aliphatic carbocycles. The predicted octanol–water partition coefficient (Wildman–Crippen LogP) is 4.29. The molecule has 0 fully saturated rings. The van der Waals surface area contributed by atoms with Crippen LogP contribution in [0.3, 0.4) is 0 Å². The fraction of sp³-hybridized carbons (Fsp3) is 0.409. The quantitative estimate of drug-likeness (QED) is 0.697. The minimum atomic E-state index is -0.0219. The van der Waals surface area contributed by atoms with Crippen LogP contribution in [0, 0.1) is 0 Å². The van der Waals surface area contributed by atoms with Crippen molar-refractivity contribution in [3.8, 4) is 0 Å². The molecule has 2 N–H and O–H groups in total. The Morgan fingerprint density at radius 2 is 1.68 bits per heavy atom. The largest absolute Gasteiger partial charge is 0.348 e. The van der Waals surface area contributed by atoms with E-state index in [-0.39, 0.29) is 30.7 Å². The number of fused-ring (bicyclic) bond motifs is 1. The monoisotopic (exact) mass is 423 g/mol.